The number of ether oxygens (including phenoxy) is 1. The minimum Gasteiger partial charge on any atom is -0.458 e. The van der Waals surface area contributed by atoms with E-state index >= 15 is 0 Å². The van der Waals surface area contributed by atoms with E-state index < -0.39 is 0 Å². The molecule has 0 saturated carbocycles. The van der Waals surface area contributed by atoms with Gasteiger partial charge in [-0.25, -0.2) is 4.79 Å². The van der Waals surface area contributed by atoms with Crippen molar-refractivity contribution in [3.63, 3.8) is 0 Å². The molecule has 0 unspecified atom stereocenters. The summed E-state index contributed by atoms with van der Waals surface area (Å²) in [6.07, 6.45) is 0.488. The fourth-order valence-electron chi connectivity index (χ4n) is 3.74. The Hall–Kier alpha value is -3.13. The highest BCUT2D eigenvalue weighted by Gasteiger charge is 2.25. The SMILES string of the molecule is C=C(C)C[C@@H](OC(=O)c1ccccc1C(c1ccccc1)c1ccccc1)C(C)C. The van der Waals surface area contributed by atoms with E-state index in [4.69, 9.17) is 4.74 Å². The summed E-state index contributed by atoms with van der Waals surface area (Å²) in [7, 11) is 0. The highest BCUT2D eigenvalue weighted by Crippen LogP contribution is 2.34. The van der Waals surface area contributed by atoms with Crippen LogP contribution in [0.25, 0.3) is 0 Å². The molecule has 1 atom stereocenters. The average molecular weight is 399 g/mol. The van der Waals surface area contributed by atoms with E-state index in [9.17, 15) is 4.79 Å². The first kappa shape index (κ1) is 21.6. The fourth-order valence-corrected chi connectivity index (χ4v) is 3.74. The number of benzene rings is 3. The average Bonchev–Trinajstić information content (AvgIpc) is 2.75. The van der Waals surface area contributed by atoms with Crippen molar-refractivity contribution in [2.75, 3.05) is 0 Å². The maximum absolute atomic E-state index is 13.3. The van der Waals surface area contributed by atoms with Crippen molar-refractivity contribution in [1.82, 2.24) is 0 Å². The van der Waals surface area contributed by atoms with Gasteiger partial charge in [0.15, 0.2) is 0 Å². The zero-order chi connectivity index (χ0) is 21.5. The van der Waals surface area contributed by atoms with Crippen LogP contribution in [0.2, 0.25) is 0 Å². The zero-order valence-corrected chi connectivity index (χ0v) is 18.0. The third kappa shape index (κ3) is 5.27. The van der Waals surface area contributed by atoms with Crippen molar-refractivity contribution in [3.05, 3.63) is 119 Å². The van der Waals surface area contributed by atoms with Crippen molar-refractivity contribution in [2.45, 2.75) is 39.2 Å². The van der Waals surface area contributed by atoms with Gasteiger partial charge in [-0.05, 0) is 35.6 Å². The van der Waals surface area contributed by atoms with Crippen LogP contribution in [0.15, 0.2) is 97.1 Å². The third-order valence-electron chi connectivity index (χ3n) is 5.31. The standard InChI is InChI=1S/C28H30O2/c1-20(2)19-26(21(3)4)30-28(29)25-18-12-11-17-24(25)27(22-13-7-5-8-14-22)23-15-9-6-10-16-23/h5-18,21,26-27H,1,19H2,2-4H3/t26-/m1/s1. The normalized spacial score (nSPS) is 12.0. The molecule has 0 aliphatic heterocycles. The second kappa shape index (κ2) is 10.1. The van der Waals surface area contributed by atoms with Crippen LogP contribution in [-0.2, 0) is 4.74 Å². The van der Waals surface area contributed by atoms with E-state index in [1.807, 2.05) is 67.6 Å². The van der Waals surface area contributed by atoms with Crippen molar-refractivity contribution in [1.29, 1.82) is 0 Å². The largest absolute Gasteiger partial charge is 0.458 e. The van der Waals surface area contributed by atoms with E-state index in [-0.39, 0.29) is 23.9 Å². The molecule has 0 aromatic heterocycles. The topological polar surface area (TPSA) is 26.3 Å². The quantitative estimate of drug-likeness (QED) is 0.232. The van der Waals surface area contributed by atoms with Crippen LogP contribution in [0.3, 0.4) is 0 Å². The van der Waals surface area contributed by atoms with Gasteiger partial charge in [-0.2, -0.15) is 0 Å². The Kier molecular flexibility index (Phi) is 7.24. The van der Waals surface area contributed by atoms with Crippen molar-refractivity contribution in [3.8, 4) is 0 Å². The first-order chi connectivity index (χ1) is 14.5. The Bertz CT molecular complexity index is 934. The lowest BCUT2D eigenvalue weighted by atomic mass is 9.83. The van der Waals surface area contributed by atoms with Gasteiger partial charge in [0, 0.05) is 12.3 Å². The number of carbonyl (C=O) groups is 1. The smallest absolute Gasteiger partial charge is 0.338 e. The molecule has 0 fully saturated rings. The maximum atomic E-state index is 13.3. The minimum atomic E-state index is -0.276. The molecule has 0 bridgehead atoms. The molecule has 0 aliphatic carbocycles. The molecule has 2 heteroatoms. The zero-order valence-electron chi connectivity index (χ0n) is 18.0. The summed E-state index contributed by atoms with van der Waals surface area (Å²) < 4.78 is 5.97. The Morgan fingerprint density at radius 2 is 1.33 bits per heavy atom. The van der Waals surface area contributed by atoms with Gasteiger partial charge in [0.2, 0.25) is 0 Å². The van der Waals surface area contributed by atoms with Gasteiger partial charge < -0.3 is 4.74 Å². The number of esters is 1. The molecule has 2 nitrogen and oxygen atoms in total. The molecule has 0 saturated heterocycles. The molecular formula is C28H30O2. The lowest BCUT2D eigenvalue weighted by molar-refractivity contribution is 0.0185. The summed E-state index contributed by atoms with van der Waals surface area (Å²) in [5.41, 5.74) is 4.87. The minimum absolute atomic E-state index is 0.0465. The number of hydrogen-bond donors (Lipinski definition) is 0. The molecule has 0 amide bonds. The summed E-state index contributed by atoms with van der Waals surface area (Å²) in [4.78, 5) is 13.3. The van der Waals surface area contributed by atoms with Gasteiger partial charge in [0.05, 0.1) is 5.56 Å². The van der Waals surface area contributed by atoms with Gasteiger partial charge in [-0.15, -0.1) is 6.58 Å². The molecule has 3 rings (SSSR count). The predicted molar refractivity (Wildman–Crippen MR) is 124 cm³/mol. The Labute approximate surface area is 180 Å². The number of rotatable bonds is 8. The first-order valence-electron chi connectivity index (χ1n) is 10.5. The van der Waals surface area contributed by atoms with Gasteiger partial charge in [-0.1, -0.05) is 98.3 Å². The predicted octanol–water partition coefficient (Wildman–Crippen LogP) is 7.01. The maximum Gasteiger partial charge on any atom is 0.338 e. The highest BCUT2D eigenvalue weighted by atomic mass is 16.5. The Balaban J connectivity index is 2.03. The molecule has 0 heterocycles. The van der Waals surface area contributed by atoms with Gasteiger partial charge in [-0.3, -0.25) is 0 Å². The molecule has 0 N–H and O–H groups in total. The lowest BCUT2D eigenvalue weighted by Crippen LogP contribution is -2.25. The van der Waals surface area contributed by atoms with Crippen LogP contribution in [-0.4, -0.2) is 12.1 Å². The van der Waals surface area contributed by atoms with E-state index in [1.54, 1.807) is 0 Å². The van der Waals surface area contributed by atoms with Crippen LogP contribution in [0.1, 0.15) is 60.2 Å². The number of hydrogen-bond acceptors (Lipinski definition) is 2. The molecular weight excluding hydrogens is 368 g/mol. The summed E-state index contributed by atoms with van der Waals surface area (Å²) in [5, 5.41) is 0. The molecule has 0 aliphatic rings. The van der Waals surface area contributed by atoms with E-state index in [0.717, 1.165) is 22.3 Å². The van der Waals surface area contributed by atoms with E-state index in [1.165, 1.54) is 0 Å². The van der Waals surface area contributed by atoms with Gasteiger partial charge >= 0.3 is 5.97 Å². The van der Waals surface area contributed by atoms with E-state index in [2.05, 4.69) is 44.7 Å². The van der Waals surface area contributed by atoms with Crippen molar-refractivity contribution >= 4 is 5.97 Å². The summed E-state index contributed by atoms with van der Waals surface area (Å²) in [6, 6.07) is 28.4. The summed E-state index contributed by atoms with van der Waals surface area (Å²) in [5.74, 6) is -0.103. The molecule has 3 aromatic carbocycles. The summed E-state index contributed by atoms with van der Waals surface area (Å²) >= 11 is 0. The molecule has 154 valence electrons. The molecule has 3 aromatic rings. The molecule has 0 radical (unpaired) electrons. The van der Waals surface area contributed by atoms with E-state index in [0.29, 0.717) is 12.0 Å². The molecule has 0 spiro atoms. The van der Waals surface area contributed by atoms with Crippen LogP contribution in [0.4, 0.5) is 0 Å². The second-order valence-electron chi connectivity index (χ2n) is 8.19. The number of carbonyl (C=O) groups excluding carboxylic acids is 1. The van der Waals surface area contributed by atoms with Crippen LogP contribution >= 0.6 is 0 Å². The molecule has 30 heavy (non-hydrogen) atoms. The van der Waals surface area contributed by atoms with Crippen molar-refractivity contribution < 1.29 is 9.53 Å². The van der Waals surface area contributed by atoms with Gasteiger partial charge in [0.1, 0.15) is 6.10 Å². The first-order valence-corrected chi connectivity index (χ1v) is 10.5. The van der Waals surface area contributed by atoms with Crippen LogP contribution < -0.4 is 0 Å². The van der Waals surface area contributed by atoms with Crippen LogP contribution in [0, 0.1) is 5.92 Å². The second-order valence-corrected chi connectivity index (χ2v) is 8.19. The third-order valence-corrected chi connectivity index (χ3v) is 5.31. The highest BCUT2D eigenvalue weighted by molar-refractivity contribution is 5.92. The van der Waals surface area contributed by atoms with Crippen LogP contribution in [0.5, 0.6) is 0 Å². The monoisotopic (exact) mass is 398 g/mol. The van der Waals surface area contributed by atoms with Gasteiger partial charge in [0.25, 0.3) is 0 Å². The summed E-state index contributed by atoms with van der Waals surface area (Å²) in [6.45, 7) is 10.1. The Morgan fingerprint density at radius 1 is 0.833 bits per heavy atom. The van der Waals surface area contributed by atoms with Crippen molar-refractivity contribution in [2.24, 2.45) is 5.92 Å². The fraction of sp³-hybridized carbons (Fsp3) is 0.250. The lowest BCUT2D eigenvalue weighted by Gasteiger charge is -2.24. The Morgan fingerprint density at radius 3 is 1.83 bits per heavy atom.